The number of hydrogen-bond acceptors (Lipinski definition) is 3. The highest BCUT2D eigenvalue weighted by Gasteiger charge is 2.37. The van der Waals surface area contributed by atoms with E-state index in [-0.39, 0.29) is 18.0 Å². The van der Waals surface area contributed by atoms with Crippen molar-refractivity contribution in [3.8, 4) is 0 Å². The zero-order valence-corrected chi connectivity index (χ0v) is 19.9. The molecule has 2 N–H and O–H groups in total. The lowest BCUT2D eigenvalue weighted by Gasteiger charge is -2.24. The molecule has 0 radical (unpaired) electrons. The van der Waals surface area contributed by atoms with E-state index in [0.29, 0.717) is 25.5 Å². The molecule has 3 aromatic rings. The second-order valence-corrected chi connectivity index (χ2v) is 9.74. The van der Waals surface area contributed by atoms with Crippen molar-refractivity contribution < 1.29 is 17.6 Å². The van der Waals surface area contributed by atoms with E-state index in [1.165, 1.54) is 11.8 Å². The molecule has 0 bridgehead atoms. The summed E-state index contributed by atoms with van der Waals surface area (Å²) < 4.78 is 57.2. The van der Waals surface area contributed by atoms with Crippen LogP contribution in [0.1, 0.15) is 39.9 Å². The third-order valence-electron chi connectivity index (χ3n) is 5.76. The molecule has 0 amide bonds. The van der Waals surface area contributed by atoms with Crippen LogP contribution in [-0.2, 0) is 12.6 Å². The van der Waals surface area contributed by atoms with Gasteiger partial charge in [-0.1, -0.05) is 36.4 Å². The van der Waals surface area contributed by atoms with E-state index in [2.05, 4.69) is 0 Å². The van der Waals surface area contributed by atoms with E-state index in [4.69, 9.17) is 5.73 Å². The number of nitrogens with two attached hydrogens (primary N) is 1. The second-order valence-electron chi connectivity index (χ2n) is 7.65. The van der Waals surface area contributed by atoms with Crippen LogP contribution in [-0.4, -0.2) is 10.3 Å². The van der Waals surface area contributed by atoms with Gasteiger partial charge >= 0.3 is 6.18 Å². The second kappa shape index (κ2) is 8.83. The van der Waals surface area contributed by atoms with Gasteiger partial charge in [0.2, 0.25) is 0 Å². The minimum absolute atomic E-state index is 0.229. The monoisotopic (exact) mass is 574 g/mol. The molecule has 4 rings (SSSR count). The fourth-order valence-corrected chi connectivity index (χ4v) is 6.07. The van der Waals surface area contributed by atoms with Crippen LogP contribution in [0.3, 0.4) is 0 Å². The number of halogens is 5. The van der Waals surface area contributed by atoms with Crippen molar-refractivity contribution in [1.82, 2.24) is 4.57 Å². The maximum atomic E-state index is 14.6. The SMILES string of the molecule is Cc1c(Cc2c(F)cccc2C(F)(F)F)c2n(c(=O)c1I)[C@H](C(N)c1ccccc1)CS2. The molecule has 0 saturated carbocycles. The van der Waals surface area contributed by atoms with Crippen LogP contribution in [0.2, 0.25) is 0 Å². The summed E-state index contributed by atoms with van der Waals surface area (Å²) in [5, 5.41) is 0.556. The number of benzene rings is 2. The standard InChI is InChI=1S/C23H19F4IN2OS/c1-12-14(10-15-16(23(25,26)27)8-5-9-17(15)24)22-30(21(31)19(12)28)18(11-32-22)20(29)13-6-3-2-4-7-13/h2-9,18,20H,10-11,29H2,1H3/t18-,20?/m0/s1. The molecule has 0 fully saturated rings. The van der Waals surface area contributed by atoms with Crippen molar-refractivity contribution in [3.63, 3.8) is 0 Å². The Morgan fingerprint density at radius 2 is 1.84 bits per heavy atom. The molecule has 2 aromatic carbocycles. The minimum atomic E-state index is -4.68. The number of fused-ring (bicyclic) bond motifs is 1. The molecule has 2 atom stereocenters. The average molecular weight is 574 g/mol. The lowest BCUT2D eigenvalue weighted by atomic mass is 9.96. The van der Waals surface area contributed by atoms with Crippen LogP contribution in [0.25, 0.3) is 0 Å². The Hall–Kier alpha value is -1.85. The fraction of sp³-hybridized carbons (Fsp3) is 0.261. The van der Waals surface area contributed by atoms with E-state index in [9.17, 15) is 22.4 Å². The number of pyridine rings is 1. The molecule has 1 aliphatic rings. The molecule has 3 nitrogen and oxygen atoms in total. The van der Waals surface area contributed by atoms with Gasteiger partial charge in [-0.25, -0.2) is 4.39 Å². The maximum absolute atomic E-state index is 14.6. The zero-order chi connectivity index (χ0) is 23.2. The molecule has 1 aliphatic heterocycles. The Balaban J connectivity index is 1.85. The molecular weight excluding hydrogens is 555 g/mol. The van der Waals surface area contributed by atoms with Gasteiger partial charge in [-0.15, -0.1) is 11.8 Å². The van der Waals surface area contributed by atoms with Gasteiger partial charge in [0.25, 0.3) is 5.56 Å². The summed E-state index contributed by atoms with van der Waals surface area (Å²) in [6.07, 6.45) is -4.95. The van der Waals surface area contributed by atoms with E-state index >= 15 is 0 Å². The molecule has 1 unspecified atom stereocenters. The normalized spacial score (nSPS) is 16.8. The highest BCUT2D eigenvalue weighted by molar-refractivity contribution is 14.1. The Bertz CT molecular complexity index is 1230. The largest absolute Gasteiger partial charge is 0.416 e. The Morgan fingerprint density at radius 3 is 2.50 bits per heavy atom. The van der Waals surface area contributed by atoms with Crippen LogP contribution in [0.5, 0.6) is 0 Å². The first kappa shape index (κ1) is 23.3. The summed E-state index contributed by atoms with van der Waals surface area (Å²) >= 11 is 3.29. The van der Waals surface area contributed by atoms with E-state index in [0.717, 1.165) is 23.8 Å². The van der Waals surface area contributed by atoms with Gasteiger partial charge in [-0.3, -0.25) is 9.36 Å². The number of nitrogens with zero attached hydrogens (tertiary/aromatic N) is 1. The summed E-state index contributed by atoms with van der Waals surface area (Å²) in [5.74, 6) is -0.416. The maximum Gasteiger partial charge on any atom is 0.416 e. The minimum Gasteiger partial charge on any atom is -0.322 e. The number of thioether (sulfide) groups is 1. The Labute approximate surface area is 200 Å². The van der Waals surface area contributed by atoms with E-state index in [1.807, 2.05) is 52.9 Å². The average Bonchev–Trinajstić information content (AvgIpc) is 3.20. The van der Waals surface area contributed by atoms with Crippen molar-refractivity contribution in [2.45, 2.75) is 36.6 Å². The van der Waals surface area contributed by atoms with Gasteiger partial charge in [0.1, 0.15) is 5.82 Å². The van der Waals surface area contributed by atoms with Gasteiger partial charge in [0.15, 0.2) is 0 Å². The van der Waals surface area contributed by atoms with Crippen molar-refractivity contribution in [3.05, 3.63) is 96.1 Å². The highest BCUT2D eigenvalue weighted by Crippen LogP contribution is 2.43. The molecule has 168 valence electrons. The smallest absolute Gasteiger partial charge is 0.322 e. The van der Waals surface area contributed by atoms with Crippen molar-refractivity contribution in [1.29, 1.82) is 0 Å². The predicted octanol–water partition coefficient (Wildman–Crippen LogP) is 5.86. The highest BCUT2D eigenvalue weighted by atomic mass is 127. The summed E-state index contributed by atoms with van der Waals surface area (Å²) in [5.41, 5.74) is 6.80. The first-order valence-corrected chi connectivity index (χ1v) is 11.9. The molecule has 0 spiro atoms. The van der Waals surface area contributed by atoms with Gasteiger partial charge in [0.05, 0.1) is 26.2 Å². The molecule has 0 saturated heterocycles. The first-order valence-electron chi connectivity index (χ1n) is 9.82. The third kappa shape index (κ3) is 4.10. The molecule has 2 heterocycles. The molecule has 32 heavy (non-hydrogen) atoms. The number of hydrogen-bond donors (Lipinski definition) is 1. The quantitative estimate of drug-likeness (QED) is 0.314. The molecule has 0 aliphatic carbocycles. The lowest BCUT2D eigenvalue weighted by molar-refractivity contribution is -0.138. The van der Waals surface area contributed by atoms with Gasteiger partial charge in [-0.2, -0.15) is 13.2 Å². The van der Waals surface area contributed by atoms with E-state index in [1.54, 1.807) is 11.5 Å². The van der Waals surface area contributed by atoms with Gasteiger partial charge < -0.3 is 5.73 Å². The van der Waals surface area contributed by atoms with Crippen molar-refractivity contribution in [2.75, 3.05) is 5.75 Å². The predicted molar refractivity (Wildman–Crippen MR) is 125 cm³/mol. The first-order chi connectivity index (χ1) is 15.1. The third-order valence-corrected chi connectivity index (χ3v) is 8.26. The topological polar surface area (TPSA) is 48.0 Å². The summed E-state index contributed by atoms with van der Waals surface area (Å²) in [7, 11) is 0. The lowest BCUT2D eigenvalue weighted by Crippen LogP contribution is -2.33. The number of rotatable bonds is 4. The Kier molecular flexibility index (Phi) is 6.43. The molecule has 1 aromatic heterocycles. The number of alkyl halides is 3. The van der Waals surface area contributed by atoms with Crippen LogP contribution >= 0.6 is 34.4 Å². The van der Waals surface area contributed by atoms with Crippen LogP contribution in [0, 0.1) is 16.3 Å². The molecule has 9 heteroatoms. The van der Waals surface area contributed by atoms with Gasteiger partial charge in [0, 0.05) is 17.7 Å². The van der Waals surface area contributed by atoms with Crippen LogP contribution in [0.4, 0.5) is 17.6 Å². The van der Waals surface area contributed by atoms with Gasteiger partial charge in [-0.05, 0) is 58.3 Å². The summed E-state index contributed by atoms with van der Waals surface area (Å²) in [6.45, 7) is 1.69. The zero-order valence-electron chi connectivity index (χ0n) is 16.9. The Morgan fingerprint density at radius 1 is 1.16 bits per heavy atom. The fourth-order valence-electron chi connectivity index (χ4n) is 4.04. The molecular formula is C23H19F4IN2OS. The van der Waals surface area contributed by atoms with Crippen molar-refractivity contribution >= 4 is 34.4 Å². The summed E-state index contributed by atoms with van der Waals surface area (Å²) in [6, 6.07) is 11.5. The van der Waals surface area contributed by atoms with Crippen LogP contribution < -0.4 is 11.3 Å². The van der Waals surface area contributed by atoms with Crippen molar-refractivity contribution in [2.24, 2.45) is 5.73 Å². The van der Waals surface area contributed by atoms with E-state index < -0.39 is 29.2 Å². The van der Waals surface area contributed by atoms with Crippen LogP contribution in [0.15, 0.2) is 58.4 Å². The summed E-state index contributed by atoms with van der Waals surface area (Å²) in [4.78, 5) is 13.2. The number of aromatic nitrogens is 1.